The zero-order valence-electron chi connectivity index (χ0n) is 10.9. The van der Waals surface area contributed by atoms with Gasteiger partial charge in [0.1, 0.15) is 17.6 Å². The molecule has 0 saturated carbocycles. The molecule has 5 nitrogen and oxygen atoms in total. The second kappa shape index (κ2) is 5.44. The van der Waals surface area contributed by atoms with Crippen molar-refractivity contribution in [2.45, 2.75) is 0 Å². The highest BCUT2D eigenvalue weighted by Gasteiger charge is 2.13. The lowest BCUT2D eigenvalue weighted by Crippen LogP contribution is -1.97. The molecule has 0 aliphatic heterocycles. The molecule has 0 aliphatic carbocycles. The van der Waals surface area contributed by atoms with E-state index >= 15 is 0 Å². The predicted octanol–water partition coefficient (Wildman–Crippen LogP) is 4.89. The molecule has 3 aromatic rings. The molecule has 3 rings (SSSR count). The van der Waals surface area contributed by atoms with E-state index in [1.807, 2.05) is 0 Å². The van der Waals surface area contributed by atoms with Crippen molar-refractivity contribution in [3.05, 3.63) is 52.2 Å². The summed E-state index contributed by atoms with van der Waals surface area (Å²) in [5, 5.41) is 23.2. The van der Waals surface area contributed by atoms with Gasteiger partial charge in [0.25, 0.3) is 0 Å². The van der Waals surface area contributed by atoms with Gasteiger partial charge in [-0.3, -0.25) is 0 Å². The van der Waals surface area contributed by atoms with Crippen molar-refractivity contribution >= 4 is 51.5 Å². The second-order valence-electron chi connectivity index (χ2n) is 4.58. The van der Waals surface area contributed by atoms with Crippen LogP contribution in [0.15, 0.2) is 41.0 Å². The van der Waals surface area contributed by atoms with Crippen LogP contribution in [0.5, 0.6) is 5.75 Å². The van der Waals surface area contributed by atoms with E-state index in [0.717, 1.165) is 0 Å². The molecule has 0 aliphatic rings. The van der Waals surface area contributed by atoms with Gasteiger partial charge in [0.05, 0.1) is 10.7 Å². The molecule has 0 radical (unpaired) electrons. The van der Waals surface area contributed by atoms with Gasteiger partial charge in [0, 0.05) is 22.2 Å². The summed E-state index contributed by atoms with van der Waals surface area (Å²) in [6.45, 7) is 0. The Morgan fingerprint density at radius 3 is 2.64 bits per heavy atom. The summed E-state index contributed by atoms with van der Waals surface area (Å²) in [6.07, 6.45) is 1.47. The summed E-state index contributed by atoms with van der Waals surface area (Å²) in [5.74, 6) is -1.53. The number of hydrogen-bond acceptors (Lipinski definition) is 4. The van der Waals surface area contributed by atoms with Gasteiger partial charge in [-0.05, 0) is 24.3 Å². The molecule has 2 aromatic carbocycles. The minimum Gasteiger partial charge on any atom is -0.507 e. The van der Waals surface area contributed by atoms with E-state index in [4.69, 9.17) is 32.7 Å². The molecule has 0 unspecified atom stereocenters. The minimum absolute atomic E-state index is 0.173. The monoisotopic (exact) mass is 337 g/mol. The number of rotatable bonds is 3. The van der Waals surface area contributed by atoms with Crippen LogP contribution >= 0.6 is 23.2 Å². The van der Waals surface area contributed by atoms with E-state index in [0.29, 0.717) is 32.4 Å². The van der Waals surface area contributed by atoms with E-state index in [1.54, 1.807) is 12.1 Å². The smallest absolute Gasteiger partial charge is 0.339 e. The lowest BCUT2D eigenvalue weighted by molar-refractivity contribution is 0.0694. The zero-order valence-corrected chi connectivity index (χ0v) is 12.4. The zero-order chi connectivity index (χ0) is 15.9. The molecule has 1 heterocycles. The molecule has 0 spiro atoms. The standard InChI is InChI=1S/C15H9Cl2NO4/c16-7-3-10-12(6-22-14(10)11(17)4-7)18-8-1-2-9(15(20)21)13(19)5-8/h1-6,18-19H,(H,20,21). The van der Waals surface area contributed by atoms with Crippen molar-refractivity contribution in [2.75, 3.05) is 5.32 Å². The van der Waals surface area contributed by atoms with Gasteiger partial charge in [-0.15, -0.1) is 0 Å². The van der Waals surface area contributed by atoms with Gasteiger partial charge >= 0.3 is 5.97 Å². The summed E-state index contributed by atoms with van der Waals surface area (Å²) in [6, 6.07) is 7.43. The maximum Gasteiger partial charge on any atom is 0.339 e. The Morgan fingerprint density at radius 2 is 1.95 bits per heavy atom. The molecule has 112 valence electrons. The number of carboxylic acids is 1. The largest absolute Gasteiger partial charge is 0.507 e. The van der Waals surface area contributed by atoms with Gasteiger partial charge in [0.2, 0.25) is 0 Å². The molecule has 22 heavy (non-hydrogen) atoms. The van der Waals surface area contributed by atoms with Gasteiger partial charge in [-0.1, -0.05) is 23.2 Å². The first-order chi connectivity index (χ1) is 10.5. The molecular formula is C15H9Cl2NO4. The normalized spacial score (nSPS) is 10.8. The van der Waals surface area contributed by atoms with Crippen LogP contribution in [-0.4, -0.2) is 16.2 Å². The number of phenols is 1. The van der Waals surface area contributed by atoms with Crippen molar-refractivity contribution in [2.24, 2.45) is 0 Å². The highest BCUT2D eigenvalue weighted by atomic mass is 35.5. The number of halogens is 2. The quantitative estimate of drug-likeness (QED) is 0.633. The summed E-state index contributed by atoms with van der Waals surface area (Å²) in [5.41, 5.74) is 1.41. The first-order valence-electron chi connectivity index (χ1n) is 6.15. The Bertz CT molecular complexity index is 889. The topological polar surface area (TPSA) is 82.7 Å². The lowest BCUT2D eigenvalue weighted by Gasteiger charge is -2.07. The van der Waals surface area contributed by atoms with Crippen LogP contribution < -0.4 is 5.32 Å². The van der Waals surface area contributed by atoms with Crippen LogP contribution in [0.4, 0.5) is 11.4 Å². The average molecular weight is 338 g/mol. The Labute approximate surface area is 134 Å². The minimum atomic E-state index is -1.20. The van der Waals surface area contributed by atoms with Gasteiger partial charge < -0.3 is 19.9 Å². The molecule has 0 atom stereocenters. The number of carboxylic acid groups (broad SMARTS) is 1. The van der Waals surface area contributed by atoms with Crippen LogP contribution in [-0.2, 0) is 0 Å². The molecule has 1 aromatic heterocycles. The number of anilines is 2. The Kier molecular flexibility index (Phi) is 3.60. The SMILES string of the molecule is O=C(O)c1ccc(Nc2coc3c(Cl)cc(Cl)cc23)cc1O. The highest BCUT2D eigenvalue weighted by Crippen LogP contribution is 2.36. The van der Waals surface area contributed by atoms with Crippen LogP contribution in [0.2, 0.25) is 10.0 Å². The van der Waals surface area contributed by atoms with E-state index in [2.05, 4.69) is 5.32 Å². The summed E-state index contributed by atoms with van der Waals surface area (Å²) >= 11 is 12.0. The summed E-state index contributed by atoms with van der Waals surface area (Å²) in [7, 11) is 0. The predicted molar refractivity (Wildman–Crippen MR) is 84.6 cm³/mol. The Hall–Kier alpha value is -2.37. The maximum atomic E-state index is 10.9. The number of carbonyl (C=O) groups is 1. The van der Waals surface area contributed by atoms with Gasteiger partial charge in [-0.2, -0.15) is 0 Å². The van der Waals surface area contributed by atoms with Crippen molar-refractivity contribution < 1.29 is 19.4 Å². The molecule has 0 bridgehead atoms. The number of aromatic hydroxyl groups is 1. The lowest BCUT2D eigenvalue weighted by atomic mass is 10.1. The third-order valence-corrected chi connectivity index (χ3v) is 3.60. The number of aromatic carboxylic acids is 1. The fourth-order valence-electron chi connectivity index (χ4n) is 2.10. The molecule has 7 heteroatoms. The maximum absolute atomic E-state index is 10.9. The van der Waals surface area contributed by atoms with Crippen LogP contribution in [0.1, 0.15) is 10.4 Å². The fourth-order valence-corrected chi connectivity index (χ4v) is 2.64. The molecule has 3 N–H and O–H groups in total. The number of furan rings is 1. The molecule has 0 saturated heterocycles. The number of fused-ring (bicyclic) bond motifs is 1. The van der Waals surface area contributed by atoms with Crippen LogP contribution in [0.3, 0.4) is 0 Å². The third kappa shape index (κ3) is 2.56. The average Bonchev–Trinajstić information content (AvgIpc) is 2.82. The van der Waals surface area contributed by atoms with Crippen LogP contribution in [0.25, 0.3) is 11.0 Å². The summed E-state index contributed by atoms with van der Waals surface area (Å²) in [4.78, 5) is 10.9. The van der Waals surface area contributed by atoms with Gasteiger partial charge in [0.15, 0.2) is 5.58 Å². The first kappa shape index (κ1) is 14.6. The second-order valence-corrected chi connectivity index (χ2v) is 5.42. The van der Waals surface area contributed by atoms with Crippen LogP contribution in [0, 0.1) is 0 Å². The van der Waals surface area contributed by atoms with Crippen molar-refractivity contribution in [3.8, 4) is 5.75 Å². The van der Waals surface area contributed by atoms with E-state index in [-0.39, 0.29) is 11.3 Å². The molecular weight excluding hydrogens is 329 g/mol. The van der Waals surface area contributed by atoms with E-state index < -0.39 is 5.97 Å². The van der Waals surface area contributed by atoms with E-state index in [1.165, 1.54) is 24.5 Å². The van der Waals surface area contributed by atoms with Crippen molar-refractivity contribution in [1.29, 1.82) is 0 Å². The van der Waals surface area contributed by atoms with Crippen molar-refractivity contribution in [3.63, 3.8) is 0 Å². The highest BCUT2D eigenvalue weighted by molar-refractivity contribution is 6.38. The van der Waals surface area contributed by atoms with Gasteiger partial charge in [-0.25, -0.2) is 4.79 Å². The molecule has 0 fully saturated rings. The number of nitrogens with one attached hydrogen (secondary N) is 1. The third-order valence-electron chi connectivity index (χ3n) is 3.10. The number of hydrogen-bond donors (Lipinski definition) is 3. The number of benzene rings is 2. The fraction of sp³-hybridized carbons (Fsp3) is 0. The Balaban J connectivity index is 2.00. The van der Waals surface area contributed by atoms with Crippen molar-refractivity contribution in [1.82, 2.24) is 0 Å². The first-order valence-corrected chi connectivity index (χ1v) is 6.91. The van der Waals surface area contributed by atoms with E-state index in [9.17, 15) is 9.90 Å². The molecule has 0 amide bonds. The Morgan fingerprint density at radius 1 is 1.18 bits per heavy atom. The summed E-state index contributed by atoms with van der Waals surface area (Å²) < 4.78 is 5.39.